The average Bonchev–Trinajstić information content (AvgIpc) is 2.35. The van der Waals surface area contributed by atoms with Crippen LogP contribution in [0.4, 0.5) is 17.1 Å². The minimum absolute atomic E-state index is 0.00745. The van der Waals surface area contributed by atoms with E-state index in [9.17, 15) is 10.1 Å². The second-order valence-corrected chi connectivity index (χ2v) is 4.39. The van der Waals surface area contributed by atoms with Crippen molar-refractivity contribution in [2.24, 2.45) is 5.92 Å². The minimum Gasteiger partial charge on any atom is -0.397 e. The second-order valence-electron chi connectivity index (χ2n) is 4.39. The molecule has 18 heavy (non-hydrogen) atoms. The summed E-state index contributed by atoms with van der Waals surface area (Å²) in [4.78, 5) is 10.1. The van der Waals surface area contributed by atoms with Crippen molar-refractivity contribution in [1.82, 2.24) is 0 Å². The molecule has 0 radical (unpaired) electrons. The number of nitrogen functional groups attached to an aromatic ring is 1. The monoisotopic (exact) mass is 253 g/mol. The molecule has 6 nitrogen and oxygen atoms in total. The van der Waals surface area contributed by atoms with E-state index in [0.29, 0.717) is 17.3 Å². The van der Waals surface area contributed by atoms with Crippen molar-refractivity contribution in [1.29, 1.82) is 0 Å². The predicted octanol–water partition coefficient (Wildman–Crippen LogP) is 2.00. The number of aliphatic hydroxyl groups excluding tert-OH is 1. The van der Waals surface area contributed by atoms with E-state index in [-0.39, 0.29) is 12.3 Å². The lowest BCUT2D eigenvalue weighted by Crippen LogP contribution is -2.08. The van der Waals surface area contributed by atoms with E-state index in [1.54, 1.807) is 6.07 Å². The Labute approximate surface area is 106 Å². The highest BCUT2D eigenvalue weighted by Crippen LogP contribution is 2.24. The van der Waals surface area contributed by atoms with Crippen LogP contribution in [0.1, 0.15) is 19.8 Å². The standard InChI is InChI=1S/C12H19N3O3/c1-9(8-16)3-2-6-14-12-5-4-10(15(17)18)7-11(12)13/h4-5,7,9,14,16H,2-3,6,8,13H2,1H3. The number of aliphatic hydroxyl groups is 1. The summed E-state index contributed by atoms with van der Waals surface area (Å²) in [6, 6.07) is 4.39. The summed E-state index contributed by atoms with van der Waals surface area (Å²) in [6.07, 6.45) is 1.84. The molecule has 0 fully saturated rings. The normalized spacial score (nSPS) is 12.1. The van der Waals surface area contributed by atoms with Crippen molar-refractivity contribution in [3.05, 3.63) is 28.3 Å². The molecule has 0 aliphatic carbocycles. The third-order valence-electron chi connectivity index (χ3n) is 2.75. The van der Waals surface area contributed by atoms with Gasteiger partial charge >= 0.3 is 0 Å². The first-order valence-electron chi connectivity index (χ1n) is 5.93. The van der Waals surface area contributed by atoms with Gasteiger partial charge in [0.2, 0.25) is 0 Å². The molecule has 1 rings (SSSR count). The van der Waals surface area contributed by atoms with Gasteiger partial charge in [-0.15, -0.1) is 0 Å². The van der Waals surface area contributed by atoms with E-state index in [0.717, 1.165) is 19.4 Å². The Kier molecular flexibility index (Phi) is 5.38. The fourth-order valence-electron chi connectivity index (χ4n) is 1.59. The lowest BCUT2D eigenvalue weighted by molar-refractivity contribution is -0.384. The van der Waals surface area contributed by atoms with Gasteiger partial charge in [-0.2, -0.15) is 0 Å². The van der Waals surface area contributed by atoms with Crippen LogP contribution < -0.4 is 11.1 Å². The second kappa shape index (κ2) is 6.80. The number of nitrogens with zero attached hydrogens (tertiary/aromatic N) is 1. The van der Waals surface area contributed by atoms with E-state index in [4.69, 9.17) is 10.8 Å². The van der Waals surface area contributed by atoms with E-state index < -0.39 is 4.92 Å². The fraction of sp³-hybridized carbons (Fsp3) is 0.500. The van der Waals surface area contributed by atoms with Gasteiger partial charge in [0.15, 0.2) is 0 Å². The predicted molar refractivity (Wildman–Crippen MR) is 71.5 cm³/mol. The number of anilines is 2. The van der Waals surface area contributed by atoms with Crippen LogP contribution in [0, 0.1) is 16.0 Å². The molecule has 0 spiro atoms. The Morgan fingerprint density at radius 2 is 2.28 bits per heavy atom. The van der Waals surface area contributed by atoms with Crippen LogP contribution in [0.2, 0.25) is 0 Å². The molecule has 0 saturated carbocycles. The van der Waals surface area contributed by atoms with E-state index in [1.807, 2.05) is 6.92 Å². The summed E-state index contributed by atoms with van der Waals surface area (Å²) in [5, 5.41) is 22.5. The third kappa shape index (κ3) is 4.21. The van der Waals surface area contributed by atoms with Crippen LogP contribution in [0.25, 0.3) is 0 Å². The van der Waals surface area contributed by atoms with Gasteiger partial charge in [0.1, 0.15) is 0 Å². The van der Waals surface area contributed by atoms with Crippen molar-refractivity contribution in [3.63, 3.8) is 0 Å². The highest BCUT2D eigenvalue weighted by molar-refractivity contribution is 5.69. The molecule has 0 saturated heterocycles. The van der Waals surface area contributed by atoms with Crippen molar-refractivity contribution in [2.75, 3.05) is 24.2 Å². The number of nitro groups is 1. The molecule has 1 aromatic carbocycles. The molecule has 0 bridgehead atoms. The first kappa shape index (κ1) is 14.2. The van der Waals surface area contributed by atoms with Gasteiger partial charge in [0.05, 0.1) is 16.3 Å². The third-order valence-corrected chi connectivity index (χ3v) is 2.75. The molecule has 100 valence electrons. The van der Waals surface area contributed by atoms with Gasteiger partial charge < -0.3 is 16.2 Å². The van der Waals surface area contributed by atoms with E-state index in [1.165, 1.54) is 12.1 Å². The number of benzene rings is 1. The highest BCUT2D eigenvalue weighted by Gasteiger charge is 2.08. The summed E-state index contributed by atoms with van der Waals surface area (Å²) in [6.45, 7) is 2.91. The SMILES string of the molecule is CC(CO)CCCNc1ccc([N+](=O)[O-])cc1N. The summed E-state index contributed by atoms with van der Waals surface area (Å²) < 4.78 is 0. The fourth-order valence-corrected chi connectivity index (χ4v) is 1.59. The lowest BCUT2D eigenvalue weighted by Gasteiger charge is -2.10. The number of nitrogens with two attached hydrogens (primary N) is 1. The Morgan fingerprint density at radius 3 is 2.83 bits per heavy atom. The lowest BCUT2D eigenvalue weighted by atomic mass is 10.1. The Balaban J connectivity index is 2.46. The Morgan fingerprint density at radius 1 is 1.56 bits per heavy atom. The minimum atomic E-state index is -0.469. The number of hydrogen-bond donors (Lipinski definition) is 3. The zero-order valence-electron chi connectivity index (χ0n) is 10.4. The van der Waals surface area contributed by atoms with Crippen LogP contribution in [-0.4, -0.2) is 23.2 Å². The van der Waals surface area contributed by atoms with Crippen LogP contribution in [-0.2, 0) is 0 Å². The molecule has 4 N–H and O–H groups in total. The molecular formula is C12H19N3O3. The molecule has 1 atom stereocenters. The summed E-state index contributed by atoms with van der Waals surface area (Å²) >= 11 is 0. The van der Waals surface area contributed by atoms with Crippen LogP contribution in [0.5, 0.6) is 0 Å². The quantitative estimate of drug-likeness (QED) is 0.298. The maximum atomic E-state index is 10.5. The van der Waals surface area contributed by atoms with Crippen molar-refractivity contribution in [3.8, 4) is 0 Å². The molecule has 1 unspecified atom stereocenters. The van der Waals surface area contributed by atoms with Crippen LogP contribution in [0.3, 0.4) is 0 Å². The smallest absolute Gasteiger partial charge is 0.271 e. The molecule has 0 aromatic heterocycles. The van der Waals surface area contributed by atoms with Gasteiger partial charge in [-0.25, -0.2) is 0 Å². The molecule has 1 aromatic rings. The van der Waals surface area contributed by atoms with Gasteiger partial charge in [-0.1, -0.05) is 6.92 Å². The number of nitro benzene ring substituents is 1. The first-order chi connectivity index (χ1) is 8.54. The zero-order valence-corrected chi connectivity index (χ0v) is 10.4. The van der Waals surface area contributed by atoms with Gasteiger partial charge in [0, 0.05) is 25.3 Å². The first-order valence-corrected chi connectivity index (χ1v) is 5.93. The van der Waals surface area contributed by atoms with Crippen molar-refractivity contribution >= 4 is 17.1 Å². The largest absolute Gasteiger partial charge is 0.397 e. The Hall–Kier alpha value is -1.82. The maximum absolute atomic E-state index is 10.5. The number of rotatable bonds is 7. The maximum Gasteiger partial charge on any atom is 0.271 e. The van der Waals surface area contributed by atoms with Gasteiger partial charge in [-0.3, -0.25) is 10.1 Å². The Bertz CT molecular complexity index is 410. The molecule has 6 heteroatoms. The van der Waals surface area contributed by atoms with Crippen molar-refractivity contribution in [2.45, 2.75) is 19.8 Å². The molecule has 0 aliphatic rings. The van der Waals surface area contributed by atoms with Crippen molar-refractivity contribution < 1.29 is 10.0 Å². The summed E-state index contributed by atoms with van der Waals surface area (Å²) in [5.74, 6) is 0.293. The molecule has 0 heterocycles. The molecule has 0 aliphatic heterocycles. The van der Waals surface area contributed by atoms with Crippen LogP contribution in [0.15, 0.2) is 18.2 Å². The average molecular weight is 253 g/mol. The number of nitrogens with one attached hydrogen (secondary N) is 1. The summed E-state index contributed by atoms with van der Waals surface area (Å²) in [7, 11) is 0. The van der Waals surface area contributed by atoms with Gasteiger partial charge in [-0.05, 0) is 24.8 Å². The number of hydrogen-bond acceptors (Lipinski definition) is 5. The molecular weight excluding hydrogens is 234 g/mol. The number of non-ortho nitro benzene ring substituents is 1. The topological polar surface area (TPSA) is 101 Å². The zero-order chi connectivity index (χ0) is 13.5. The van der Waals surface area contributed by atoms with Crippen LogP contribution >= 0.6 is 0 Å². The van der Waals surface area contributed by atoms with E-state index >= 15 is 0 Å². The summed E-state index contributed by atoms with van der Waals surface area (Å²) in [5.41, 5.74) is 6.79. The van der Waals surface area contributed by atoms with E-state index in [2.05, 4.69) is 5.32 Å². The van der Waals surface area contributed by atoms with Gasteiger partial charge in [0.25, 0.3) is 5.69 Å². The molecule has 0 amide bonds. The highest BCUT2D eigenvalue weighted by atomic mass is 16.6.